The van der Waals surface area contributed by atoms with Gasteiger partial charge in [-0.25, -0.2) is 10.4 Å². The predicted octanol–water partition coefficient (Wildman–Crippen LogP) is 2.38. The first-order valence-corrected chi connectivity index (χ1v) is 7.00. The number of rotatable bonds is 4. The number of aryl methyl sites for hydroxylation is 2. The van der Waals surface area contributed by atoms with Gasteiger partial charge in [0.25, 0.3) is 0 Å². The van der Waals surface area contributed by atoms with Gasteiger partial charge in [-0.3, -0.25) is 5.84 Å². The monoisotopic (exact) mass is 317 g/mol. The Labute approximate surface area is 123 Å². The number of halogens is 3. The Balaban J connectivity index is 2.45. The molecule has 0 saturated heterocycles. The van der Waals surface area contributed by atoms with Gasteiger partial charge in [0.05, 0.1) is 17.4 Å². The highest BCUT2D eigenvalue weighted by Gasteiger charge is 2.35. The molecule has 2 aromatic heterocycles. The van der Waals surface area contributed by atoms with Gasteiger partial charge in [0.15, 0.2) is 5.01 Å². The number of aromatic nitrogens is 3. The molecule has 2 rings (SSSR count). The van der Waals surface area contributed by atoms with Crippen molar-refractivity contribution in [3.8, 4) is 0 Å². The molecule has 0 spiro atoms. The normalized spacial score (nSPS) is 13.4. The highest BCUT2D eigenvalue weighted by molar-refractivity contribution is 7.11. The van der Waals surface area contributed by atoms with E-state index >= 15 is 0 Å². The molecular formula is C12H14F3N5S. The molecule has 21 heavy (non-hydrogen) atoms. The van der Waals surface area contributed by atoms with Crippen molar-refractivity contribution >= 4 is 11.3 Å². The van der Waals surface area contributed by atoms with Crippen molar-refractivity contribution in [1.82, 2.24) is 20.6 Å². The van der Waals surface area contributed by atoms with Crippen molar-refractivity contribution in [1.29, 1.82) is 0 Å². The summed E-state index contributed by atoms with van der Waals surface area (Å²) < 4.78 is 38.0. The number of nitrogens with one attached hydrogen (secondary N) is 1. The molecule has 9 heteroatoms. The molecule has 1 atom stereocenters. The van der Waals surface area contributed by atoms with Crippen LogP contribution in [0, 0.1) is 6.92 Å². The third kappa shape index (κ3) is 3.36. The topological polar surface area (TPSA) is 76.7 Å². The highest BCUT2D eigenvalue weighted by atomic mass is 32.1. The van der Waals surface area contributed by atoms with Crippen molar-refractivity contribution in [2.45, 2.75) is 32.5 Å². The lowest BCUT2D eigenvalue weighted by molar-refractivity contribution is -0.137. The summed E-state index contributed by atoms with van der Waals surface area (Å²) in [7, 11) is 0. The largest absolute Gasteiger partial charge is 0.443 e. The lowest BCUT2D eigenvalue weighted by Crippen LogP contribution is -2.29. The predicted molar refractivity (Wildman–Crippen MR) is 72.4 cm³/mol. The molecule has 3 N–H and O–H groups in total. The van der Waals surface area contributed by atoms with E-state index in [1.807, 2.05) is 6.92 Å². The molecule has 0 aromatic carbocycles. The van der Waals surface area contributed by atoms with Crippen molar-refractivity contribution in [3.63, 3.8) is 0 Å². The number of hydrazine groups is 1. The van der Waals surface area contributed by atoms with E-state index in [9.17, 15) is 13.2 Å². The Kier molecular flexibility index (Phi) is 4.55. The van der Waals surface area contributed by atoms with Crippen LogP contribution in [0.4, 0.5) is 13.2 Å². The summed E-state index contributed by atoms with van der Waals surface area (Å²) >= 11 is 0.566. The maximum atomic E-state index is 12.7. The van der Waals surface area contributed by atoms with Crippen LogP contribution >= 0.6 is 11.3 Å². The van der Waals surface area contributed by atoms with Crippen LogP contribution in [-0.4, -0.2) is 15.2 Å². The molecule has 0 radical (unpaired) electrons. The van der Waals surface area contributed by atoms with Crippen LogP contribution in [0.15, 0.2) is 12.3 Å². The van der Waals surface area contributed by atoms with E-state index in [0.717, 1.165) is 0 Å². The average molecular weight is 317 g/mol. The lowest BCUT2D eigenvalue weighted by atomic mass is 10.0. The van der Waals surface area contributed by atoms with Crippen LogP contribution in [0.1, 0.15) is 39.8 Å². The second kappa shape index (κ2) is 6.04. The summed E-state index contributed by atoms with van der Waals surface area (Å²) in [6, 6.07) is 1.17. The van der Waals surface area contributed by atoms with Gasteiger partial charge in [-0.2, -0.15) is 23.4 Å². The van der Waals surface area contributed by atoms with Crippen molar-refractivity contribution in [2.24, 2.45) is 5.84 Å². The molecular weight excluding hydrogens is 303 g/mol. The van der Waals surface area contributed by atoms with Gasteiger partial charge in [0, 0.05) is 16.6 Å². The van der Waals surface area contributed by atoms with Crippen LogP contribution in [0.3, 0.4) is 0 Å². The maximum Gasteiger partial charge on any atom is 0.443 e. The van der Waals surface area contributed by atoms with E-state index in [2.05, 4.69) is 20.6 Å². The molecule has 0 saturated carbocycles. The molecule has 114 valence electrons. The Morgan fingerprint density at radius 1 is 1.38 bits per heavy atom. The molecule has 0 aliphatic rings. The molecule has 0 amide bonds. The molecule has 5 nitrogen and oxygen atoms in total. The quantitative estimate of drug-likeness (QED) is 0.669. The highest BCUT2D eigenvalue weighted by Crippen LogP contribution is 2.36. The van der Waals surface area contributed by atoms with E-state index in [0.29, 0.717) is 39.6 Å². The molecule has 2 aromatic rings. The summed E-state index contributed by atoms with van der Waals surface area (Å²) in [5.74, 6) is 5.53. The molecule has 0 aliphatic heterocycles. The van der Waals surface area contributed by atoms with Crippen LogP contribution in [0.5, 0.6) is 0 Å². The molecule has 0 aliphatic carbocycles. The maximum absolute atomic E-state index is 12.7. The Hall–Kier alpha value is -1.58. The fraction of sp³-hybridized carbons (Fsp3) is 0.417. The first kappa shape index (κ1) is 15.8. The number of nitrogens with two attached hydrogens (primary N) is 1. The zero-order valence-electron chi connectivity index (χ0n) is 11.4. The van der Waals surface area contributed by atoms with Crippen LogP contribution in [-0.2, 0) is 12.6 Å². The lowest BCUT2D eigenvalue weighted by Gasteiger charge is -2.17. The fourth-order valence-electron chi connectivity index (χ4n) is 1.94. The van der Waals surface area contributed by atoms with E-state index in [4.69, 9.17) is 5.84 Å². The van der Waals surface area contributed by atoms with Gasteiger partial charge >= 0.3 is 6.18 Å². The zero-order valence-corrected chi connectivity index (χ0v) is 12.2. The van der Waals surface area contributed by atoms with Crippen LogP contribution in [0.2, 0.25) is 0 Å². The molecule has 1 unspecified atom stereocenters. The third-order valence-corrected chi connectivity index (χ3v) is 4.00. The minimum atomic E-state index is -4.46. The van der Waals surface area contributed by atoms with E-state index in [1.165, 1.54) is 6.20 Å². The Bertz CT molecular complexity index is 626. The van der Waals surface area contributed by atoms with Crippen LogP contribution < -0.4 is 11.3 Å². The van der Waals surface area contributed by atoms with Crippen molar-refractivity contribution in [2.75, 3.05) is 0 Å². The van der Waals surface area contributed by atoms with Crippen molar-refractivity contribution in [3.05, 3.63) is 39.1 Å². The van der Waals surface area contributed by atoms with Gasteiger partial charge in [-0.05, 0) is 19.4 Å². The Morgan fingerprint density at radius 3 is 2.62 bits per heavy atom. The van der Waals surface area contributed by atoms with E-state index < -0.39 is 17.2 Å². The molecule has 0 fully saturated rings. The third-order valence-electron chi connectivity index (χ3n) is 2.89. The summed E-state index contributed by atoms with van der Waals surface area (Å²) in [5, 5.41) is 7.12. The SMILES string of the molecule is CCc1nnc(C)cc1C(NN)c1cnc(C(F)(F)F)s1. The van der Waals surface area contributed by atoms with Crippen LogP contribution in [0.25, 0.3) is 0 Å². The Morgan fingerprint density at radius 2 is 2.10 bits per heavy atom. The summed E-state index contributed by atoms with van der Waals surface area (Å²) in [6.45, 7) is 3.65. The average Bonchev–Trinajstić information content (AvgIpc) is 2.89. The second-order valence-electron chi connectivity index (χ2n) is 4.41. The summed E-state index contributed by atoms with van der Waals surface area (Å²) in [5.41, 5.74) is 4.60. The minimum absolute atomic E-state index is 0.381. The number of alkyl halides is 3. The van der Waals surface area contributed by atoms with Gasteiger partial charge in [0.2, 0.25) is 0 Å². The van der Waals surface area contributed by atoms with Gasteiger partial charge in [-0.1, -0.05) is 6.92 Å². The first-order chi connectivity index (χ1) is 9.86. The van der Waals surface area contributed by atoms with E-state index in [-0.39, 0.29) is 0 Å². The zero-order chi connectivity index (χ0) is 15.6. The molecule has 0 bridgehead atoms. The summed E-state index contributed by atoms with van der Waals surface area (Å²) in [4.78, 5) is 3.80. The fourth-order valence-corrected chi connectivity index (χ4v) is 2.80. The smallest absolute Gasteiger partial charge is 0.271 e. The number of hydrogen-bond donors (Lipinski definition) is 2. The first-order valence-electron chi connectivity index (χ1n) is 6.19. The number of nitrogens with zero attached hydrogens (tertiary/aromatic N) is 3. The number of thiazole rings is 1. The van der Waals surface area contributed by atoms with Gasteiger partial charge in [0.1, 0.15) is 0 Å². The van der Waals surface area contributed by atoms with Gasteiger partial charge in [-0.15, -0.1) is 11.3 Å². The standard InChI is InChI=1S/C12H14F3N5S/c1-3-8-7(4-6(2)19-20-8)10(18-16)9-5-17-11(21-9)12(13,14)15/h4-5,10,18H,3,16H2,1-2H3. The number of hydrogen-bond acceptors (Lipinski definition) is 6. The molecule has 2 heterocycles. The summed E-state index contributed by atoms with van der Waals surface area (Å²) in [6.07, 6.45) is -2.67. The van der Waals surface area contributed by atoms with Gasteiger partial charge < -0.3 is 0 Å². The van der Waals surface area contributed by atoms with Crippen molar-refractivity contribution < 1.29 is 13.2 Å². The van der Waals surface area contributed by atoms with E-state index in [1.54, 1.807) is 13.0 Å². The second-order valence-corrected chi connectivity index (χ2v) is 5.47. The minimum Gasteiger partial charge on any atom is -0.271 e.